The minimum atomic E-state index is -0.247. The monoisotopic (exact) mass is 373 g/mol. The van der Waals surface area contributed by atoms with Crippen molar-refractivity contribution in [2.75, 3.05) is 6.61 Å². The lowest BCUT2D eigenvalue weighted by molar-refractivity contribution is -0.124. The quantitative estimate of drug-likeness (QED) is 0.781. The van der Waals surface area contributed by atoms with Crippen LogP contribution in [-0.4, -0.2) is 18.1 Å². The van der Waals surface area contributed by atoms with E-state index >= 15 is 0 Å². The van der Waals surface area contributed by atoms with Gasteiger partial charge in [0.2, 0.25) is 0 Å². The summed E-state index contributed by atoms with van der Waals surface area (Å²) >= 11 is 5.86. The Bertz CT molecular complexity index is 756. The van der Waals surface area contributed by atoms with Gasteiger partial charge in [-0.25, -0.2) is 0 Å². The fourth-order valence-electron chi connectivity index (χ4n) is 3.35. The Morgan fingerprint density at radius 1 is 1.19 bits per heavy atom. The van der Waals surface area contributed by atoms with Gasteiger partial charge in [0.1, 0.15) is 17.1 Å². The first kappa shape index (κ1) is 18.6. The number of nitrogens with one attached hydrogen (secondary N) is 1. The zero-order valence-electron chi connectivity index (χ0n) is 15.1. The summed E-state index contributed by atoms with van der Waals surface area (Å²) in [6, 6.07) is 14.8. The van der Waals surface area contributed by atoms with E-state index in [0.29, 0.717) is 10.8 Å². The maximum atomic E-state index is 12.4. The third kappa shape index (κ3) is 4.13. The summed E-state index contributed by atoms with van der Waals surface area (Å²) in [6.45, 7) is 4.21. The maximum Gasteiger partial charge on any atom is 0.258 e. The number of ether oxygens (including phenoxy) is 2. The van der Waals surface area contributed by atoms with Gasteiger partial charge in [0.25, 0.3) is 5.91 Å². The number of benzene rings is 2. The molecule has 3 rings (SSSR count). The SMILES string of the molecule is CCC1(CC)C[C@@H](NC(=O)COc2ccc(Cl)cc2)c2ccccc2O1. The van der Waals surface area contributed by atoms with Crippen molar-refractivity contribution in [3.05, 3.63) is 59.1 Å². The van der Waals surface area contributed by atoms with Gasteiger partial charge in [0.05, 0.1) is 6.04 Å². The molecule has 0 aromatic heterocycles. The lowest BCUT2D eigenvalue weighted by atomic mass is 9.83. The molecule has 1 aliphatic heterocycles. The Morgan fingerprint density at radius 2 is 1.88 bits per heavy atom. The van der Waals surface area contributed by atoms with Crippen molar-refractivity contribution >= 4 is 17.5 Å². The number of halogens is 1. The molecule has 26 heavy (non-hydrogen) atoms. The molecule has 0 radical (unpaired) electrons. The van der Waals surface area contributed by atoms with Gasteiger partial charge in [0, 0.05) is 17.0 Å². The first-order valence-electron chi connectivity index (χ1n) is 9.01. The molecule has 0 saturated heterocycles. The molecule has 1 atom stereocenters. The van der Waals surface area contributed by atoms with E-state index < -0.39 is 0 Å². The molecule has 0 spiro atoms. The van der Waals surface area contributed by atoms with Gasteiger partial charge in [0.15, 0.2) is 6.61 Å². The van der Waals surface area contributed by atoms with Crippen LogP contribution in [0.5, 0.6) is 11.5 Å². The summed E-state index contributed by atoms with van der Waals surface area (Å²) in [5.41, 5.74) is 0.772. The molecule has 1 heterocycles. The fraction of sp³-hybridized carbons (Fsp3) is 0.381. The molecular formula is C21H24ClNO3. The van der Waals surface area contributed by atoms with E-state index in [4.69, 9.17) is 21.1 Å². The van der Waals surface area contributed by atoms with Crippen molar-refractivity contribution in [3.8, 4) is 11.5 Å². The van der Waals surface area contributed by atoms with Crippen LogP contribution < -0.4 is 14.8 Å². The van der Waals surface area contributed by atoms with Crippen LogP contribution in [0.4, 0.5) is 0 Å². The molecule has 2 aromatic carbocycles. The molecule has 0 fully saturated rings. The number of amides is 1. The number of hydrogen-bond donors (Lipinski definition) is 1. The van der Waals surface area contributed by atoms with Gasteiger partial charge in [-0.05, 0) is 43.2 Å². The zero-order chi connectivity index (χ0) is 18.6. The van der Waals surface area contributed by atoms with Crippen LogP contribution in [0.25, 0.3) is 0 Å². The second kappa shape index (κ2) is 8.00. The molecule has 1 aliphatic rings. The van der Waals surface area contributed by atoms with Crippen LogP contribution in [0.1, 0.15) is 44.7 Å². The first-order valence-corrected chi connectivity index (χ1v) is 9.38. The van der Waals surface area contributed by atoms with E-state index in [9.17, 15) is 4.79 Å². The molecule has 1 amide bonds. The number of para-hydroxylation sites is 1. The summed E-state index contributed by atoms with van der Waals surface area (Å²) in [5, 5.41) is 3.75. The second-order valence-corrected chi connectivity index (χ2v) is 7.03. The van der Waals surface area contributed by atoms with Crippen molar-refractivity contribution in [1.82, 2.24) is 5.32 Å². The summed E-state index contributed by atoms with van der Waals surface area (Å²) in [5.74, 6) is 1.32. The van der Waals surface area contributed by atoms with Gasteiger partial charge >= 0.3 is 0 Å². The molecule has 5 heteroatoms. The number of fused-ring (bicyclic) bond motifs is 1. The number of rotatable bonds is 6. The van der Waals surface area contributed by atoms with Gasteiger partial charge < -0.3 is 14.8 Å². The summed E-state index contributed by atoms with van der Waals surface area (Å²) in [6.07, 6.45) is 2.54. The topological polar surface area (TPSA) is 47.6 Å². The van der Waals surface area contributed by atoms with Crippen LogP contribution in [0, 0.1) is 0 Å². The molecule has 0 aliphatic carbocycles. The third-order valence-corrected chi connectivity index (χ3v) is 5.26. The third-order valence-electron chi connectivity index (χ3n) is 5.00. The Hall–Kier alpha value is -2.20. The van der Waals surface area contributed by atoms with E-state index in [1.807, 2.05) is 24.3 Å². The minimum Gasteiger partial charge on any atom is -0.487 e. The minimum absolute atomic E-state index is 0.0353. The molecular weight excluding hydrogens is 350 g/mol. The highest BCUT2D eigenvalue weighted by molar-refractivity contribution is 6.30. The highest BCUT2D eigenvalue weighted by Gasteiger charge is 2.38. The molecule has 0 saturated carbocycles. The normalized spacial score (nSPS) is 17.7. The summed E-state index contributed by atoms with van der Waals surface area (Å²) in [7, 11) is 0. The van der Waals surface area contributed by atoms with E-state index in [1.54, 1.807) is 24.3 Å². The number of carbonyl (C=O) groups is 1. The van der Waals surface area contributed by atoms with Crippen molar-refractivity contribution in [1.29, 1.82) is 0 Å². The molecule has 4 nitrogen and oxygen atoms in total. The smallest absolute Gasteiger partial charge is 0.258 e. The lowest BCUT2D eigenvalue weighted by Crippen LogP contribution is -2.45. The zero-order valence-corrected chi connectivity index (χ0v) is 15.9. The average Bonchev–Trinajstić information content (AvgIpc) is 2.67. The van der Waals surface area contributed by atoms with Crippen LogP contribution in [0.2, 0.25) is 5.02 Å². The molecule has 1 N–H and O–H groups in total. The number of hydrogen-bond acceptors (Lipinski definition) is 3. The summed E-state index contributed by atoms with van der Waals surface area (Å²) in [4.78, 5) is 12.4. The Kier molecular flexibility index (Phi) is 5.72. The van der Waals surface area contributed by atoms with Crippen molar-refractivity contribution in [2.24, 2.45) is 0 Å². The highest BCUT2D eigenvalue weighted by Crippen LogP contribution is 2.42. The van der Waals surface area contributed by atoms with E-state index in [2.05, 4.69) is 19.2 Å². The molecule has 2 aromatic rings. The van der Waals surface area contributed by atoms with E-state index in [-0.39, 0.29) is 24.2 Å². The van der Waals surface area contributed by atoms with Crippen LogP contribution in [-0.2, 0) is 4.79 Å². The maximum absolute atomic E-state index is 12.4. The van der Waals surface area contributed by atoms with Gasteiger partial charge in [-0.1, -0.05) is 43.6 Å². The van der Waals surface area contributed by atoms with Crippen LogP contribution in [0.15, 0.2) is 48.5 Å². The molecule has 0 unspecified atom stereocenters. The predicted molar refractivity (Wildman–Crippen MR) is 103 cm³/mol. The van der Waals surface area contributed by atoms with Crippen LogP contribution in [0.3, 0.4) is 0 Å². The Labute approximate surface area is 159 Å². The fourth-order valence-corrected chi connectivity index (χ4v) is 3.47. The Morgan fingerprint density at radius 3 is 2.58 bits per heavy atom. The van der Waals surface area contributed by atoms with Crippen molar-refractivity contribution < 1.29 is 14.3 Å². The van der Waals surface area contributed by atoms with E-state index in [1.165, 1.54) is 0 Å². The molecule has 138 valence electrons. The second-order valence-electron chi connectivity index (χ2n) is 6.60. The van der Waals surface area contributed by atoms with Gasteiger partial charge in [-0.2, -0.15) is 0 Å². The summed E-state index contributed by atoms with van der Waals surface area (Å²) < 4.78 is 11.8. The van der Waals surface area contributed by atoms with Gasteiger partial charge in [-0.15, -0.1) is 0 Å². The van der Waals surface area contributed by atoms with Gasteiger partial charge in [-0.3, -0.25) is 4.79 Å². The molecule has 0 bridgehead atoms. The standard InChI is InChI=1S/C21H24ClNO3/c1-3-21(4-2)13-18(17-7-5-6-8-19(17)26-21)23-20(24)14-25-16-11-9-15(22)10-12-16/h5-12,18H,3-4,13-14H2,1-2H3,(H,23,24)/t18-/m1/s1. The van der Waals surface area contributed by atoms with Crippen molar-refractivity contribution in [3.63, 3.8) is 0 Å². The highest BCUT2D eigenvalue weighted by atomic mass is 35.5. The average molecular weight is 374 g/mol. The predicted octanol–water partition coefficient (Wildman–Crippen LogP) is 4.92. The first-order chi connectivity index (χ1) is 12.5. The van der Waals surface area contributed by atoms with Crippen molar-refractivity contribution in [2.45, 2.75) is 44.8 Å². The largest absolute Gasteiger partial charge is 0.487 e. The van der Waals surface area contributed by atoms with E-state index in [0.717, 1.165) is 30.6 Å². The number of carbonyl (C=O) groups excluding carboxylic acids is 1. The Balaban J connectivity index is 1.69. The van der Waals surface area contributed by atoms with Crippen LogP contribution >= 0.6 is 11.6 Å². The lowest BCUT2D eigenvalue weighted by Gasteiger charge is -2.41.